The summed E-state index contributed by atoms with van der Waals surface area (Å²) in [5, 5.41) is 0.427. The summed E-state index contributed by atoms with van der Waals surface area (Å²) in [7, 11) is -3.67. The predicted octanol–water partition coefficient (Wildman–Crippen LogP) is 1.72. The van der Waals surface area contributed by atoms with Crippen molar-refractivity contribution in [2.75, 3.05) is 49.9 Å². The summed E-state index contributed by atoms with van der Waals surface area (Å²) < 4.78 is 30.4. The molecule has 0 unspecified atom stereocenters. The molecule has 2 rings (SSSR count). The zero-order valence-corrected chi connectivity index (χ0v) is 17.2. The lowest BCUT2D eigenvalue weighted by atomic mass is 10.2. The van der Waals surface area contributed by atoms with E-state index in [1.54, 1.807) is 24.0 Å². The number of benzene rings is 1. The Morgan fingerprint density at radius 1 is 1.19 bits per heavy atom. The van der Waals surface area contributed by atoms with Gasteiger partial charge in [-0.2, -0.15) is 0 Å². The van der Waals surface area contributed by atoms with Crippen molar-refractivity contribution in [2.24, 2.45) is 0 Å². The monoisotopic (exact) mass is 417 g/mol. The van der Waals surface area contributed by atoms with Crippen molar-refractivity contribution in [1.82, 2.24) is 9.80 Å². The van der Waals surface area contributed by atoms with Crippen LogP contribution in [0.1, 0.15) is 12.5 Å². The van der Waals surface area contributed by atoms with Gasteiger partial charge in [0.1, 0.15) is 6.54 Å². The smallest absolute Gasteiger partial charge is 0.409 e. The fourth-order valence-electron chi connectivity index (χ4n) is 2.71. The van der Waals surface area contributed by atoms with Crippen molar-refractivity contribution in [2.45, 2.75) is 13.8 Å². The Morgan fingerprint density at radius 2 is 1.78 bits per heavy atom. The Hall–Kier alpha value is -2.00. The third-order valence-electron chi connectivity index (χ3n) is 4.28. The van der Waals surface area contributed by atoms with Gasteiger partial charge in [-0.1, -0.05) is 17.7 Å². The summed E-state index contributed by atoms with van der Waals surface area (Å²) in [6, 6.07) is 4.86. The molecule has 0 radical (unpaired) electrons. The molecule has 2 amide bonds. The maximum absolute atomic E-state index is 12.6. The molecule has 0 saturated carbocycles. The Morgan fingerprint density at radius 3 is 2.30 bits per heavy atom. The van der Waals surface area contributed by atoms with Crippen molar-refractivity contribution in [3.8, 4) is 0 Å². The third-order valence-corrected chi connectivity index (χ3v) is 5.83. The number of rotatable bonds is 5. The number of amides is 2. The second kappa shape index (κ2) is 8.79. The van der Waals surface area contributed by atoms with Crippen LogP contribution in [0.5, 0.6) is 0 Å². The fourth-order valence-corrected chi connectivity index (χ4v) is 3.73. The normalized spacial score (nSPS) is 14.8. The lowest BCUT2D eigenvalue weighted by molar-refractivity contribution is -0.131. The average molecular weight is 418 g/mol. The van der Waals surface area contributed by atoms with Crippen molar-refractivity contribution in [3.63, 3.8) is 0 Å². The first-order valence-corrected chi connectivity index (χ1v) is 10.8. The number of ether oxygens (including phenoxy) is 1. The molecule has 0 aliphatic carbocycles. The largest absolute Gasteiger partial charge is 0.450 e. The van der Waals surface area contributed by atoms with Gasteiger partial charge in [0.25, 0.3) is 0 Å². The van der Waals surface area contributed by atoms with Crippen LogP contribution >= 0.6 is 11.6 Å². The van der Waals surface area contributed by atoms with Crippen LogP contribution in [0.15, 0.2) is 18.2 Å². The number of halogens is 1. The quantitative estimate of drug-likeness (QED) is 0.727. The van der Waals surface area contributed by atoms with Crippen molar-refractivity contribution < 1.29 is 22.7 Å². The molecule has 1 aromatic carbocycles. The molecule has 27 heavy (non-hydrogen) atoms. The molecular weight excluding hydrogens is 394 g/mol. The molecule has 0 N–H and O–H groups in total. The summed E-state index contributed by atoms with van der Waals surface area (Å²) in [4.78, 5) is 27.4. The first kappa shape index (κ1) is 21.3. The van der Waals surface area contributed by atoms with E-state index < -0.39 is 16.1 Å². The number of hydrogen-bond acceptors (Lipinski definition) is 5. The van der Waals surface area contributed by atoms with Crippen LogP contribution in [0.25, 0.3) is 0 Å². The first-order chi connectivity index (χ1) is 12.6. The highest BCUT2D eigenvalue weighted by Crippen LogP contribution is 2.25. The minimum absolute atomic E-state index is 0.292. The molecule has 1 aliphatic heterocycles. The molecule has 1 saturated heterocycles. The number of anilines is 1. The van der Waals surface area contributed by atoms with Crippen molar-refractivity contribution in [3.05, 3.63) is 28.8 Å². The van der Waals surface area contributed by atoms with Crippen LogP contribution in [-0.4, -0.2) is 75.8 Å². The van der Waals surface area contributed by atoms with Crippen molar-refractivity contribution in [1.29, 1.82) is 0 Å². The van der Waals surface area contributed by atoms with Crippen LogP contribution in [0.4, 0.5) is 10.5 Å². The van der Waals surface area contributed by atoms with Gasteiger partial charge in [-0.3, -0.25) is 9.10 Å². The van der Waals surface area contributed by atoms with E-state index in [2.05, 4.69) is 0 Å². The second-order valence-corrected chi connectivity index (χ2v) is 8.58. The zero-order chi connectivity index (χ0) is 20.2. The number of aryl methyl sites for hydroxylation is 1. The van der Waals surface area contributed by atoms with Crippen molar-refractivity contribution >= 4 is 39.3 Å². The maximum atomic E-state index is 12.6. The molecule has 0 atom stereocenters. The zero-order valence-electron chi connectivity index (χ0n) is 15.6. The second-order valence-electron chi connectivity index (χ2n) is 6.27. The molecule has 0 aromatic heterocycles. The highest BCUT2D eigenvalue weighted by Gasteiger charge is 2.28. The van der Waals surface area contributed by atoms with Gasteiger partial charge in [0.05, 0.1) is 18.6 Å². The Labute approximate surface area is 164 Å². The standard InChI is InChI=1S/C17H24ClN3O5S/c1-4-26-17(23)20-9-7-19(8-10-20)16(22)12-21(27(3,24)25)14-6-5-13(2)15(18)11-14/h5-6,11H,4,7-10,12H2,1-3H3. The minimum atomic E-state index is -3.67. The number of sulfonamides is 1. The molecule has 150 valence electrons. The molecule has 10 heteroatoms. The average Bonchev–Trinajstić information content (AvgIpc) is 2.61. The van der Waals surface area contributed by atoms with Gasteiger partial charge in [-0.25, -0.2) is 13.2 Å². The third kappa shape index (κ3) is 5.49. The molecule has 1 aliphatic rings. The fraction of sp³-hybridized carbons (Fsp3) is 0.529. The summed E-state index contributed by atoms with van der Waals surface area (Å²) >= 11 is 6.10. The number of carbonyl (C=O) groups is 2. The molecule has 0 bridgehead atoms. The van der Waals surface area contributed by atoms with E-state index in [0.717, 1.165) is 16.1 Å². The molecule has 1 fully saturated rings. The predicted molar refractivity (Wildman–Crippen MR) is 104 cm³/mol. The highest BCUT2D eigenvalue weighted by molar-refractivity contribution is 7.92. The van der Waals surface area contributed by atoms with Crippen LogP contribution in [0.2, 0.25) is 5.02 Å². The number of piperazine rings is 1. The van der Waals surface area contributed by atoms with Gasteiger partial charge in [0, 0.05) is 31.2 Å². The van der Waals surface area contributed by atoms with E-state index in [0.29, 0.717) is 43.5 Å². The van der Waals surface area contributed by atoms with Gasteiger partial charge in [0.15, 0.2) is 0 Å². The maximum Gasteiger partial charge on any atom is 0.409 e. The van der Waals surface area contributed by atoms with Crippen LogP contribution in [0, 0.1) is 6.92 Å². The molecule has 8 nitrogen and oxygen atoms in total. The highest BCUT2D eigenvalue weighted by atomic mass is 35.5. The Balaban J connectivity index is 2.07. The number of hydrogen-bond donors (Lipinski definition) is 0. The lowest BCUT2D eigenvalue weighted by Crippen LogP contribution is -2.53. The Kier molecular flexibility index (Phi) is 6.94. The molecule has 1 aromatic rings. The number of nitrogens with zero attached hydrogens (tertiary/aromatic N) is 3. The van der Waals surface area contributed by atoms with E-state index >= 15 is 0 Å². The Bertz CT molecular complexity index is 807. The van der Waals surface area contributed by atoms with E-state index in [4.69, 9.17) is 16.3 Å². The van der Waals surface area contributed by atoms with E-state index in [9.17, 15) is 18.0 Å². The van der Waals surface area contributed by atoms with Gasteiger partial charge < -0.3 is 14.5 Å². The van der Waals surface area contributed by atoms with E-state index in [-0.39, 0.29) is 12.5 Å². The summed E-state index contributed by atoms with van der Waals surface area (Å²) in [6.07, 6.45) is 0.642. The molecule has 1 heterocycles. The van der Waals surface area contributed by atoms with Crippen LogP contribution in [-0.2, 0) is 19.6 Å². The van der Waals surface area contributed by atoms with Gasteiger partial charge in [0.2, 0.25) is 15.9 Å². The topological polar surface area (TPSA) is 87.2 Å². The molecular formula is C17H24ClN3O5S. The van der Waals surface area contributed by atoms with Gasteiger partial charge >= 0.3 is 6.09 Å². The lowest BCUT2D eigenvalue weighted by Gasteiger charge is -2.35. The van der Waals surface area contributed by atoms with Crippen LogP contribution < -0.4 is 4.31 Å². The molecule has 0 spiro atoms. The van der Waals surface area contributed by atoms with Gasteiger partial charge in [-0.15, -0.1) is 0 Å². The van der Waals surface area contributed by atoms with Gasteiger partial charge in [-0.05, 0) is 31.5 Å². The van der Waals surface area contributed by atoms with Crippen LogP contribution in [0.3, 0.4) is 0 Å². The summed E-state index contributed by atoms with van der Waals surface area (Å²) in [5.74, 6) is -0.333. The summed E-state index contributed by atoms with van der Waals surface area (Å²) in [5.41, 5.74) is 1.15. The number of carbonyl (C=O) groups excluding carboxylic acids is 2. The minimum Gasteiger partial charge on any atom is -0.450 e. The first-order valence-electron chi connectivity index (χ1n) is 8.56. The summed E-state index contributed by atoms with van der Waals surface area (Å²) in [6.45, 7) is 4.85. The SMILES string of the molecule is CCOC(=O)N1CCN(C(=O)CN(c2ccc(C)c(Cl)c2)S(C)(=O)=O)CC1. The van der Waals surface area contributed by atoms with E-state index in [1.807, 2.05) is 6.92 Å². The van der Waals surface area contributed by atoms with E-state index in [1.165, 1.54) is 11.0 Å².